The summed E-state index contributed by atoms with van der Waals surface area (Å²) in [6.07, 6.45) is 1.76. The van der Waals surface area contributed by atoms with E-state index >= 15 is 0 Å². The summed E-state index contributed by atoms with van der Waals surface area (Å²) in [5.41, 5.74) is 0.891. The first-order chi connectivity index (χ1) is 10.7. The van der Waals surface area contributed by atoms with E-state index in [4.69, 9.17) is 4.74 Å². The number of rotatable bonds is 4. The van der Waals surface area contributed by atoms with Gasteiger partial charge in [0.25, 0.3) is 0 Å². The van der Waals surface area contributed by atoms with Gasteiger partial charge in [0.2, 0.25) is 5.91 Å². The van der Waals surface area contributed by atoms with Crippen molar-refractivity contribution in [3.8, 4) is 5.75 Å². The van der Waals surface area contributed by atoms with Crippen molar-refractivity contribution in [3.05, 3.63) is 18.2 Å². The van der Waals surface area contributed by atoms with Gasteiger partial charge in [0.05, 0.1) is 16.8 Å². The van der Waals surface area contributed by atoms with Gasteiger partial charge in [0.15, 0.2) is 5.13 Å². The Labute approximate surface area is 146 Å². The molecule has 1 aromatic heterocycles. The molecule has 0 saturated carbocycles. The molecular formula is C16H22ClN3O2S. The number of carbonyl (C=O) groups excluding carboxylic acids is 1. The fourth-order valence-electron chi connectivity index (χ4n) is 2.79. The SMILES string of the molecule is CCOc1ccc2nc(NC(=O)[C@H]3CCN[C@@H](C)C3)sc2c1.Cl. The van der Waals surface area contributed by atoms with Gasteiger partial charge in [-0.2, -0.15) is 0 Å². The lowest BCUT2D eigenvalue weighted by Crippen LogP contribution is -2.40. The second kappa shape index (κ2) is 7.95. The Kier molecular flexibility index (Phi) is 6.21. The third-order valence-electron chi connectivity index (χ3n) is 3.90. The predicted octanol–water partition coefficient (Wildman–Crippen LogP) is 3.44. The molecule has 1 aliphatic rings. The highest BCUT2D eigenvalue weighted by molar-refractivity contribution is 7.22. The van der Waals surface area contributed by atoms with E-state index in [1.54, 1.807) is 0 Å². The molecule has 0 bridgehead atoms. The lowest BCUT2D eigenvalue weighted by Gasteiger charge is -2.26. The summed E-state index contributed by atoms with van der Waals surface area (Å²) in [5, 5.41) is 7.00. The van der Waals surface area contributed by atoms with Gasteiger partial charge < -0.3 is 15.4 Å². The lowest BCUT2D eigenvalue weighted by molar-refractivity contribution is -0.120. The Morgan fingerprint density at radius 1 is 1.52 bits per heavy atom. The van der Waals surface area contributed by atoms with Crippen LogP contribution in [0.3, 0.4) is 0 Å². The number of fused-ring (bicyclic) bond motifs is 1. The van der Waals surface area contributed by atoms with E-state index in [0.29, 0.717) is 17.8 Å². The summed E-state index contributed by atoms with van der Waals surface area (Å²) in [6.45, 7) is 5.62. The first-order valence-corrected chi connectivity index (χ1v) is 8.55. The number of carbonyl (C=O) groups is 1. The number of halogens is 1. The summed E-state index contributed by atoms with van der Waals surface area (Å²) < 4.78 is 6.52. The minimum absolute atomic E-state index is 0. The molecule has 1 amide bonds. The van der Waals surface area contributed by atoms with Crippen molar-refractivity contribution >= 4 is 45.0 Å². The van der Waals surface area contributed by atoms with Crippen LogP contribution in [0.15, 0.2) is 18.2 Å². The smallest absolute Gasteiger partial charge is 0.229 e. The van der Waals surface area contributed by atoms with Crippen molar-refractivity contribution in [2.45, 2.75) is 32.7 Å². The average Bonchev–Trinajstić information content (AvgIpc) is 2.89. The predicted molar refractivity (Wildman–Crippen MR) is 96.9 cm³/mol. The van der Waals surface area contributed by atoms with E-state index in [9.17, 15) is 4.79 Å². The van der Waals surface area contributed by atoms with Gasteiger partial charge in [-0.15, -0.1) is 12.4 Å². The first kappa shape index (κ1) is 18.0. The van der Waals surface area contributed by atoms with Gasteiger partial charge in [-0.1, -0.05) is 11.3 Å². The summed E-state index contributed by atoms with van der Waals surface area (Å²) in [5.74, 6) is 0.989. The molecule has 5 nitrogen and oxygen atoms in total. The van der Waals surface area contributed by atoms with Crippen LogP contribution in [0.1, 0.15) is 26.7 Å². The second-order valence-corrected chi connectivity index (χ2v) is 6.68. The second-order valence-electron chi connectivity index (χ2n) is 5.65. The van der Waals surface area contributed by atoms with Crippen LogP contribution in [0.5, 0.6) is 5.75 Å². The molecule has 0 unspecified atom stereocenters. The molecule has 2 atom stereocenters. The monoisotopic (exact) mass is 355 g/mol. The molecule has 1 fully saturated rings. The van der Waals surface area contributed by atoms with Gasteiger partial charge in [0, 0.05) is 12.0 Å². The number of aromatic nitrogens is 1. The van der Waals surface area contributed by atoms with Crippen molar-refractivity contribution < 1.29 is 9.53 Å². The largest absolute Gasteiger partial charge is 0.494 e. The van der Waals surface area contributed by atoms with E-state index in [2.05, 4.69) is 22.5 Å². The number of nitrogens with one attached hydrogen (secondary N) is 2. The van der Waals surface area contributed by atoms with Gasteiger partial charge in [-0.05, 0) is 51.4 Å². The zero-order chi connectivity index (χ0) is 15.5. The Morgan fingerprint density at radius 2 is 2.35 bits per heavy atom. The van der Waals surface area contributed by atoms with Gasteiger partial charge in [-0.3, -0.25) is 4.79 Å². The van der Waals surface area contributed by atoms with Crippen LogP contribution in [-0.2, 0) is 4.79 Å². The van der Waals surface area contributed by atoms with Crippen LogP contribution in [0, 0.1) is 5.92 Å². The molecule has 23 heavy (non-hydrogen) atoms. The van der Waals surface area contributed by atoms with E-state index in [-0.39, 0.29) is 24.2 Å². The number of hydrogen-bond acceptors (Lipinski definition) is 5. The average molecular weight is 356 g/mol. The number of amides is 1. The Morgan fingerprint density at radius 3 is 3.09 bits per heavy atom. The number of benzene rings is 1. The van der Waals surface area contributed by atoms with Crippen LogP contribution in [0.25, 0.3) is 10.2 Å². The summed E-state index contributed by atoms with van der Waals surface area (Å²) in [4.78, 5) is 16.8. The van der Waals surface area contributed by atoms with Crippen LogP contribution in [0.2, 0.25) is 0 Å². The van der Waals surface area contributed by atoms with Crippen LogP contribution >= 0.6 is 23.7 Å². The molecule has 1 aliphatic heterocycles. The number of nitrogens with zero attached hydrogens (tertiary/aromatic N) is 1. The topological polar surface area (TPSA) is 63.2 Å². The van der Waals surface area contributed by atoms with Crippen molar-refractivity contribution in [2.75, 3.05) is 18.5 Å². The number of thiazole rings is 1. The van der Waals surface area contributed by atoms with E-state index in [1.165, 1.54) is 11.3 Å². The number of piperidine rings is 1. The summed E-state index contributed by atoms with van der Waals surface area (Å²) in [6, 6.07) is 6.21. The molecule has 2 heterocycles. The highest BCUT2D eigenvalue weighted by atomic mass is 35.5. The van der Waals surface area contributed by atoms with E-state index in [0.717, 1.165) is 35.4 Å². The first-order valence-electron chi connectivity index (χ1n) is 7.73. The third-order valence-corrected chi connectivity index (χ3v) is 4.83. The minimum Gasteiger partial charge on any atom is -0.494 e. The molecule has 0 aliphatic carbocycles. The molecule has 2 aromatic rings. The molecule has 1 saturated heterocycles. The molecule has 2 N–H and O–H groups in total. The Balaban J connectivity index is 0.00000192. The standard InChI is InChI=1S/C16H21N3O2S.ClH/c1-3-21-12-4-5-13-14(9-12)22-16(18-13)19-15(20)11-6-7-17-10(2)8-11;/h4-5,9-11,17H,3,6-8H2,1-2H3,(H,18,19,20);1H/t10-,11-;/m0./s1. The maximum Gasteiger partial charge on any atom is 0.229 e. The van der Waals surface area contributed by atoms with Crippen molar-refractivity contribution in [1.29, 1.82) is 0 Å². The zero-order valence-corrected chi connectivity index (χ0v) is 14.9. The highest BCUT2D eigenvalue weighted by Crippen LogP contribution is 2.30. The van der Waals surface area contributed by atoms with Crippen molar-refractivity contribution in [3.63, 3.8) is 0 Å². The third kappa shape index (κ3) is 4.34. The maximum absolute atomic E-state index is 12.4. The zero-order valence-electron chi connectivity index (χ0n) is 13.3. The summed E-state index contributed by atoms with van der Waals surface area (Å²) >= 11 is 1.49. The molecule has 7 heteroatoms. The quantitative estimate of drug-likeness (QED) is 0.881. The van der Waals surface area contributed by atoms with Gasteiger partial charge >= 0.3 is 0 Å². The van der Waals surface area contributed by atoms with Crippen LogP contribution < -0.4 is 15.4 Å². The maximum atomic E-state index is 12.4. The molecule has 3 rings (SSSR count). The minimum atomic E-state index is 0. The van der Waals surface area contributed by atoms with E-state index in [1.807, 2.05) is 25.1 Å². The van der Waals surface area contributed by atoms with E-state index < -0.39 is 0 Å². The van der Waals surface area contributed by atoms with Crippen LogP contribution in [-0.4, -0.2) is 30.1 Å². The number of ether oxygens (including phenoxy) is 1. The van der Waals surface area contributed by atoms with Crippen molar-refractivity contribution in [1.82, 2.24) is 10.3 Å². The Hall–Kier alpha value is -1.37. The fraction of sp³-hybridized carbons (Fsp3) is 0.500. The van der Waals surface area contributed by atoms with Crippen molar-refractivity contribution in [2.24, 2.45) is 5.92 Å². The number of anilines is 1. The number of hydrogen-bond donors (Lipinski definition) is 2. The normalized spacial score (nSPS) is 20.8. The molecule has 0 radical (unpaired) electrons. The summed E-state index contributed by atoms with van der Waals surface area (Å²) in [7, 11) is 0. The highest BCUT2D eigenvalue weighted by Gasteiger charge is 2.25. The Bertz CT molecular complexity index is 676. The van der Waals surface area contributed by atoms with Gasteiger partial charge in [-0.25, -0.2) is 4.98 Å². The molecule has 1 aromatic carbocycles. The molecular weight excluding hydrogens is 334 g/mol. The fourth-order valence-corrected chi connectivity index (χ4v) is 3.69. The molecule has 126 valence electrons. The molecule has 0 spiro atoms. The van der Waals surface area contributed by atoms with Crippen LogP contribution in [0.4, 0.5) is 5.13 Å². The van der Waals surface area contributed by atoms with Gasteiger partial charge in [0.1, 0.15) is 5.75 Å². The lowest BCUT2D eigenvalue weighted by atomic mass is 9.93.